The fourth-order valence-corrected chi connectivity index (χ4v) is 3.73. The van der Waals surface area contributed by atoms with Crippen LogP contribution in [0.1, 0.15) is 50.7 Å². The van der Waals surface area contributed by atoms with Crippen molar-refractivity contribution in [1.82, 2.24) is 14.7 Å². The number of nitrogens with zero attached hydrogens (tertiary/aromatic N) is 2. The Labute approximate surface area is 120 Å². The summed E-state index contributed by atoms with van der Waals surface area (Å²) >= 11 is 1.72. The van der Waals surface area contributed by atoms with Crippen LogP contribution in [0, 0.1) is 19.8 Å². The molecule has 3 nitrogen and oxygen atoms in total. The summed E-state index contributed by atoms with van der Waals surface area (Å²) in [7, 11) is 0. The zero-order chi connectivity index (χ0) is 14.0. The number of fused-ring (bicyclic) bond motifs is 1. The Morgan fingerprint density at radius 3 is 2.63 bits per heavy atom. The van der Waals surface area contributed by atoms with Crippen molar-refractivity contribution in [2.75, 3.05) is 0 Å². The molecule has 2 rings (SSSR count). The van der Waals surface area contributed by atoms with Crippen molar-refractivity contribution in [3.8, 4) is 0 Å². The molecule has 0 saturated carbocycles. The van der Waals surface area contributed by atoms with Gasteiger partial charge in [-0.25, -0.2) is 4.98 Å². The number of aromatic nitrogens is 2. The highest BCUT2D eigenvalue weighted by Gasteiger charge is 2.16. The van der Waals surface area contributed by atoms with Crippen LogP contribution in [0.15, 0.2) is 5.38 Å². The van der Waals surface area contributed by atoms with Gasteiger partial charge in [-0.1, -0.05) is 26.7 Å². The second kappa shape index (κ2) is 6.06. The SMILES string of the molecule is CCC(CC)C(C)NCc1c(C)nc2scc(C)n12. The number of hydrogen-bond acceptors (Lipinski definition) is 3. The molecule has 0 saturated heterocycles. The van der Waals surface area contributed by atoms with Crippen molar-refractivity contribution < 1.29 is 0 Å². The lowest BCUT2D eigenvalue weighted by molar-refractivity contribution is 0.351. The Balaban J connectivity index is 2.13. The molecule has 0 aliphatic carbocycles. The summed E-state index contributed by atoms with van der Waals surface area (Å²) in [5.41, 5.74) is 3.75. The first-order chi connectivity index (χ1) is 9.08. The van der Waals surface area contributed by atoms with Gasteiger partial charge in [0, 0.05) is 23.7 Å². The number of aryl methyl sites for hydroxylation is 2. The van der Waals surface area contributed by atoms with Gasteiger partial charge in [0.05, 0.1) is 11.4 Å². The highest BCUT2D eigenvalue weighted by molar-refractivity contribution is 7.15. The van der Waals surface area contributed by atoms with Gasteiger partial charge in [0.1, 0.15) is 0 Å². The molecular weight excluding hydrogens is 254 g/mol. The summed E-state index contributed by atoms with van der Waals surface area (Å²) in [6.07, 6.45) is 2.48. The maximum absolute atomic E-state index is 4.64. The van der Waals surface area contributed by atoms with Gasteiger partial charge in [-0.15, -0.1) is 11.3 Å². The minimum atomic E-state index is 0.555. The lowest BCUT2D eigenvalue weighted by atomic mass is 9.95. The number of nitrogens with one attached hydrogen (secondary N) is 1. The van der Waals surface area contributed by atoms with E-state index in [0.717, 1.165) is 23.1 Å². The van der Waals surface area contributed by atoms with Crippen LogP contribution >= 0.6 is 11.3 Å². The van der Waals surface area contributed by atoms with Gasteiger partial charge in [-0.3, -0.25) is 4.40 Å². The molecule has 4 heteroatoms. The van der Waals surface area contributed by atoms with Gasteiger partial charge in [0.15, 0.2) is 4.96 Å². The topological polar surface area (TPSA) is 29.3 Å². The fraction of sp³-hybridized carbons (Fsp3) is 0.667. The smallest absolute Gasteiger partial charge is 0.194 e. The molecular formula is C15H25N3S. The minimum absolute atomic E-state index is 0.555. The first kappa shape index (κ1) is 14.5. The molecule has 1 N–H and O–H groups in total. The Kier molecular flexibility index (Phi) is 4.63. The molecule has 0 radical (unpaired) electrons. The van der Waals surface area contributed by atoms with Crippen molar-refractivity contribution in [1.29, 1.82) is 0 Å². The average molecular weight is 279 g/mol. The predicted molar refractivity (Wildman–Crippen MR) is 82.9 cm³/mol. The molecule has 1 unspecified atom stereocenters. The van der Waals surface area contributed by atoms with E-state index < -0.39 is 0 Å². The average Bonchev–Trinajstić information content (AvgIpc) is 2.88. The molecule has 2 heterocycles. The van der Waals surface area contributed by atoms with E-state index in [1.165, 1.54) is 24.2 Å². The lowest BCUT2D eigenvalue weighted by Gasteiger charge is -2.22. The minimum Gasteiger partial charge on any atom is -0.308 e. The van der Waals surface area contributed by atoms with Gasteiger partial charge >= 0.3 is 0 Å². The second-order valence-corrected chi connectivity index (χ2v) is 6.22. The van der Waals surface area contributed by atoms with Crippen molar-refractivity contribution in [3.05, 3.63) is 22.5 Å². The molecule has 0 fully saturated rings. The Morgan fingerprint density at radius 2 is 2.00 bits per heavy atom. The van der Waals surface area contributed by atoms with Gasteiger partial charge in [-0.2, -0.15) is 0 Å². The molecule has 19 heavy (non-hydrogen) atoms. The summed E-state index contributed by atoms with van der Waals surface area (Å²) in [6, 6.07) is 0.555. The van der Waals surface area contributed by atoms with Gasteiger partial charge in [-0.05, 0) is 26.7 Å². The van der Waals surface area contributed by atoms with E-state index in [4.69, 9.17) is 0 Å². The molecule has 2 aromatic rings. The quantitative estimate of drug-likeness (QED) is 0.868. The molecule has 0 amide bonds. The van der Waals surface area contributed by atoms with Crippen LogP contribution < -0.4 is 5.32 Å². The predicted octanol–water partition coefficient (Wildman–Crippen LogP) is 3.93. The number of thiazole rings is 1. The van der Waals surface area contributed by atoms with E-state index in [1.54, 1.807) is 11.3 Å². The summed E-state index contributed by atoms with van der Waals surface area (Å²) in [5, 5.41) is 5.86. The maximum atomic E-state index is 4.64. The van der Waals surface area contributed by atoms with E-state index >= 15 is 0 Å². The van der Waals surface area contributed by atoms with Crippen LogP contribution in [-0.2, 0) is 6.54 Å². The van der Waals surface area contributed by atoms with Crippen molar-refractivity contribution >= 4 is 16.3 Å². The number of imidazole rings is 1. The van der Waals surface area contributed by atoms with Crippen molar-refractivity contribution in [2.24, 2.45) is 5.92 Å². The third kappa shape index (κ3) is 2.84. The highest BCUT2D eigenvalue weighted by atomic mass is 32.1. The van der Waals surface area contributed by atoms with Crippen LogP contribution in [0.2, 0.25) is 0 Å². The molecule has 0 aliphatic rings. The van der Waals surface area contributed by atoms with Crippen LogP contribution in [0.25, 0.3) is 4.96 Å². The van der Waals surface area contributed by atoms with Crippen LogP contribution in [0.5, 0.6) is 0 Å². The van der Waals surface area contributed by atoms with E-state index in [0.29, 0.717) is 6.04 Å². The van der Waals surface area contributed by atoms with Gasteiger partial charge < -0.3 is 5.32 Å². The second-order valence-electron chi connectivity index (χ2n) is 5.39. The third-order valence-electron chi connectivity index (χ3n) is 4.18. The first-order valence-electron chi connectivity index (χ1n) is 7.23. The first-order valence-corrected chi connectivity index (χ1v) is 8.11. The Bertz CT molecular complexity index is 537. The molecule has 106 valence electrons. The number of hydrogen-bond donors (Lipinski definition) is 1. The Morgan fingerprint density at radius 1 is 1.32 bits per heavy atom. The molecule has 0 spiro atoms. The summed E-state index contributed by atoms with van der Waals surface area (Å²) in [4.78, 5) is 5.75. The van der Waals surface area contributed by atoms with Gasteiger partial charge in [0.25, 0.3) is 0 Å². The van der Waals surface area contributed by atoms with Crippen LogP contribution in [-0.4, -0.2) is 15.4 Å². The number of rotatable bonds is 6. The van der Waals surface area contributed by atoms with E-state index in [9.17, 15) is 0 Å². The maximum Gasteiger partial charge on any atom is 0.194 e. The van der Waals surface area contributed by atoms with Gasteiger partial charge in [0.2, 0.25) is 0 Å². The summed E-state index contributed by atoms with van der Waals surface area (Å²) in [6.45, 7) is 12.0. The summed E-state index contributed by atoms with van der Waals surface area (Å²) < 4.78 is 2.28. The fourth-order valence-electron chi connectivity index (χ4n) is 2.80. The summed E-state index contributed by atoms with van der Waals surface area (Å²) in [5.74, 6) is 0.757. The molecule has 2 aromatic heterocycles. The van der Waals surface area contributed by atoms with Crippen LogP contribution in [0.4, 0.5) is 0 Å². The highest BCUT2D eigenvalue weighted by Crippen LogP contribution is 2.21. The van der Waals surface area contributed by atoms with Crippen LogP contribution in [0.3, 0.4) is 0 Å². The van der Waals surface area contributed by atoms with Crippen molar-refractivity contribution in [3.63, 3.8) is 0 Å². The molecule has 0 aliphatic heterocycles. The van der Waals surface area contributed by atoms with E-state index in [-0.39, 0.29) is 0 Å². The monoisotopic (exact) mass is 279 g/mol. The standard InChI is InChI=1S/C15H25N3S/c1-6-13(7-2)11(4)16-8-14-12(5)17-15-18(14)10(3)9-19-15/h9,11,13,16H,6-8H2,1-5H3. The van der Waals surface area contributed by atoms with E-state index in [2.05, 4.69) is 54.7 Å². The molecule has 0 bridgehead atoms. The Hall–Kier alpha value is -0.870. The lowest BCUT2D eigenvalue weighted by Crippen LogP contribution is -2.33. The van der Waals surface area contributed by atoms with E-state index in [1.807, 2.05) is 0 Å². The largest absolute Gasteiger partial charge is 0.308 e. The molecule has 1 atom stereocenters. The molecule has 0 aromatic carbocycles. The zero-order valence-corrected chi connectivity index (χ0v) is 13.5. The van der Waals surface area contributed by atoms with Crippen molar-refractivity contribution in [2.45, 2.75) is 60.0 Å². The zero-order valence-electron chi connectivity index (χ0n) is 12.7. The third-order valence-corrected chi connectivity index (χ3v) is 5.12. The normalized spacial score (nSPS) is 13.6.